The fourth-order valence-electron chi connectivity index (χ4n) is 2.40. The maximum absolute atomic E-state index is 12.1. The average molecular weight is 337 g/mol. The quantitative estimate of drug-likeness (QED) is 0.866. The molecule has 1 aliphatic rings. The highest BCUT2D eigenvalue weighted by Crippen LogP contribution is 2.36. The zero-order chi connectivity index (χ0) is 13.4. The van der Waals surface area contributed by atoms with E-state index < -0.39 is 0 Å². The van der Waals surface area contributed by atoms with Gasteiger partial charge in [-0.05, 0) is 41.8 Å². The summed E-state index contributed by atoms with van der Waals surface area (Å²) in [6, 6.07) is 13.5. The van der Waals surface area contributed by atoms with E-state index in [1.165, 1.54) is 0 Å². The zero-order valence-electron chi connectivity index (χ0n) is 9.99. The van der Waals surface area contributed by atoms with Gasteiger partial charge in [-0.15, -0.1) is 0 Å². The van der Waals surface area contributed by atoms with Crippen LogP contribution in [0, 0.1) is 0 Å². The second kappa shape index (κ2) is 4.99. The number of rotatable bonds is 2. The predicted octanol–water partition coefficient (Wildman–Crippen LogP) is 4.38. The maximum Gasteiger partial charge on any atom is 0.232 e. The number of carbonyl (C=O) groups excluding carboxylic acids is 1. The third-order valence-corrected chi connectivity index (χ3v) is 4.02. The van der Waals surface area contributed by atoms with Crippen LogP contribution in [0.5, 0.6) is 0 Å². The lowest BCUT2D eigenvalue weighted by atomic mass is 9.93. The summed E-state index contributed by atoms with van der Waals surface area (Å²) in [6.45, 7) is 0. The van der Waals surface area contributed by atoms with Crippen molar-refractivity contribution in [2.45, 2.75) is 12.3 Å². The number of halogens is 2. The molecule has 4 heteroatoms. The van der Waals surface area contributed by atoms with Gasteiger partial charge in [0.2, 0.25) is 5.91 Å². The molecule has 1 atom stereocenters. The van der Waals surface area contributed by atoms with E-state index >= 15 is 0 Å². The van der Waals surface area contributed by atoms with Crippen molar-refractivity contribution in [3.8, 4) is 0 Å². The molecule has 0 saturated carbocycles. The van der Waals surface area contributed by atoms with Crippen LogP contribution in [0.1, 0.15) is 17.0 Å². The molecular weight excluding hydrogens is 326 g/mol. The number of hydrogen-bond acceptors (Lipinski definition) is 1. The molecule has 1 N–H and O–H groups in total. The summed E-state index contributed by atoms with van der Waals surface area (Å²) >= 11 is 9.39. The van der Waals surface area contributed by atoms with E-state index in [1.807, 2.05) is 42.5 Å². The van der Waals surface area contributed by atoms with Gasteiger partial charge in [-0.2, -0.15) is 0 Å². The van der Waals surface area contributed by atoms with Gasteiger partial charge in [-0.1, -0.05) is 45.7 Å². The van der Waals surface area contributed by atoms with Crippen molar-refractivity contribution in [2.75, 3.05) is 5.32 Å². The Balaban J connectivity index is 1.92. The van der Waals surface area contributed by atoms with Gasteiger partial charge < -0.3 is 5.32 Å². The van der Waals surface area contributed by atoms with E-state index in [2.05, 4.69) is 21.2 Å². The summed E-state index contributed by atoms with van der Waals surface area (Å²) in [5.74, 6) is -0.0883. The first-order chi connectivity index (χ1) is 9.13. The van der Waals surface area contributed by atoms with Gasteiger partial charge in [0.25, 0.3) is 0 Å². The molecule has 2 aromatic rings. The first kappa shape index (κ1) is 12.7. The van der Waals surface area contributed by atoms with Crippen LogP contribution in [0.4, 0.5) is 5.69 Å². The van der Waals surface area contributed by atoms with Crippen molar-refractivity contribution >= 4 is 39.1 Å². The summed E-state index contributed by atoms with van der Waals surface area (Å²) in [5, 5.41) is 3.62. The summed E-state index contributed by atoms with van der Waals surface area (Å²) in [6.07, 6.45) is 0.668. The topological polar surface area (TPSA) is 29.1 Å². The highest BCUT2D eigenvalue weighted by atomic mass is 79.9. The molecule has 1 unspecified atom stereocenters. The molecule has 0 saturated heterocycles. The Labute approximate surface area is 124 Å². The highest BCUT2D eigenvalue weighted by Gasteiger charge is 2.30. The maximum atomic E-state index is 12.1. The van der Waals surface area contributed by atoms with Gasteiger partial charge in [-0.3, -0.25) is 4.79 Å². The monoisotopic (exact) mass is 335 g/mol. The minimum Gasteiger partial charge on any atom is -0.325 e. The Morgan fingerprint density at radius 1 is 1.21 bits per heavy atom. The lowest BCUT2D eigenvalue weighted by Gasteiger charge is -2.09. The van der Waals surface area contributed by atoms with Crippen molar-refractivity contribution in [1.82, 2.24) is 0 Å². The van der Waals surface area contributed by atoms with E-state index in [-0.39, 0.29) is 11.8 Å². The number of amides is 1. The normalized spacial score (nSPS) is 17.2. The van der Waals surface area contributed by atoms with E-state index in [9.17, 15) is 4.79 Å². The second-order valence-corrected chi connectivity index (χ2v) is 5.96. The fourth-order valence-corrected chi connectivity index (χ4v) is 2.98. The first-order valence-corrected chi connectivity index (χ1v) is 7.15. The predicted molar refractivity (Wildman–Crippen MR) is 80.7 cm³/mol. The molecule has 1 aliphatic heterocycles. The molecule has 1 amide bonds. The molecule has 1 heterocycles. The van der Waals surface area contributed by atoms with Gasteiger partial charge in [0.1, 0.15) is 0 Å². The number of carbonyl (C=O) groups is 1. The van der Waals surface area contributed by atoms with Gasteiger partial charge in [0.05, 0.1) is 5.92 Å². The highest BCUT2D eigenvalue weighted by molar-refractivity contribution is 9.10. The molecule has 0 bridgehead atoms. The minimum absolute atomic E-state index is 0.0491. The molecule has 2 nitrogen and oxygen atoms in total. The smallest absolute Gasteiger partial charge is 0.232 e. The van der Waals surface area contributed by atoms with Gasteiger partial charge in [0, 0.05) is 15.2 Å². The van der Waals surface area contributed by atoms with Crippen molar-refractivity contribution in [3.63, 3.8) is 0 Å². The molecule has 0 radical (unpaired) electrons. The van der Waals surface area contributed by atoms with Gasteiger partial charge in [0.15, 0.2) is 0 Å². The number of anilines is 1. The Kier molecular flexibility index (Phi) is 3.33. The van der Waals surface area contributed by atoms with Crippen molar-refractivity contribution in [1.29, 1.82) is 0 Å². The van der Waals surface area contributed by atoms with Gasteiger partial charge in [-0.25, -0.2) is 0 Å². The molecular formula is C15H11BrClNO. The third kappa shape index (κ3) is 2.53. The SMILES string of the molecule is O=C1Nc2cc(Br)ccc2C1Cc1cccc(Cl)c1. The second-order valence-electron chi connectivity index (χ2n) is 4.61. The minimum atomic E-state index is -0.137. The summed E-state index contributed by atoms with van der Waals surface area (Å²) < 4.78 is 0.968. The molecule has 19 heavy (non-hydrogen) atoms. The van der Waals surface area contributed by atoms with E-state index in [1.54, 1.807) is 0 Å². The number of fused-ring (bicyclic) bond motifs is 1. The van der Waals surface area contributed by atoms with Gasteiger partial charge >= 0.3 is 0 Å². The lowest BCUT2D eigenvalue weighted by molar-refractivity contribution is -0.117. The Bertz CT molecular complexity index is 656. The van der Waals surface area contributed by atoms with E-state index in [0.717, 1.165) is 21.3 Å². The standard InChI is InChI=1S/C15H11BrClNO/c16-10-4-5-12-13(15(19)18-14(12)8-10)7-9-2-1-3-11(17)6-9/h1-6,8,13H,7H2,(H,18,19). The molecule has 0 aliphatic carbocycles. The van der Waals surface area contributed by atoms with Crippen LogP contribution in [-0.2, 0) is 11.2 Å². The van der Waals surface area contributed by atoms with Crippen LogP contribution in [-0.4, -0.2) is 5.91 Å². The molecule has 0 aromatic heterocycles. The van der Waals surface area contributed by atoms with Crippen LogP contribution >= 0.6 is 27.5 Å². The molecule has 0 spiro atoms. The van der Waals surface area contributed by atoms with E-state index in [4.69, 9.17) is 11.6 Å². The van der Waals surface area contributed by atoms with Crippen LogP contribution in [0.15, 0.2) is 46.9 Å². The average Bonchev–Trinajstić information content (AvgIpc) is 2.65. The third-order valence-electron chi connectivity index (χ3n) is 3.29. The van der Waals surface area contributed by atoms with Crippen molar-refractivity contribution in [3.05, 3.63) is 63.1 Å². The van der Waals surface area contributed by atoms with Crippen LogP contribution in [0.25, 0.3) is 0 Å². The largest absolute Gasteiger partial charge is 0.325 e. The Morgan fingerprint density at radius 3 is 2.84 bits per heavy atom. The fraction of sp³-hybridized carbons (Fsp3) is 0.133. The van der Waals surface area contributed by atoms with Crippen molar-refractivity contribution < 1.29 is 4.79 Å². The molecule has 2 aromatic carbocycles. The summed E-state index contributed by atoms with van der Waals surface area (Å²) in [4.78, 5) is 12.1. The molecule has 96 valence electrons. The summed E-state index contributed by atoms with van der Waals surface area (Å²) in [5.41, 5.74) is 3.02. The number of benzene rings is 2. The lowest BCUT2D eigenvalue weighted by Crippen LogP contribution is -2.14. The summed E-state index contributed by atoms with van der Waals surface area (Å²) in [7, 11) is 0. The number of nitrogens with one attached hydrogen (secondary N) is 1. The molecule has 0 fully saturated rings. The van der Waals surface area contributed by atoms with Crippen LogP contribution in [0.3, 0.4) is 0 Å². The molecule has 3 rings (SSSR count). The van der Waals surface area contributed by atoms with Crippen LogP contribution < -0.4 is 5.32 Å². The first-order valence-electron chi connectivity index (χ1n) is 5.98. The Hall–Kier alpha value is -1.32. The van der Waals surface area contributed by atoms with Crippen molar-refractivity contribution in [2.24, 2.45) is 0 Å². The Morgan fingerprint density at radius 2 is 2.05 bits per heavy atom. The zero-order valence-corrected chi connectivity index (χ0v) is 12.3. The van der Waals surface area contributed by atoms with E-state index in [0.29, 0.717) is 11.4 Å². The number of hydrogen-bond donors (Lipinski definition) is 1. The van der Waals surface area contributed by atoms with Crippen LogP contribution in [0.2, 0.25) is 5.02 Å².